The van der Waals surface area contributed by atoms with Gasteiger partial charge in [0, 0.05) is 5.56 Å². The summed E-state index contributed by atoms with van der Waals surface area (Å²) >= 11 is 0. The first-order valence-electron chi connectivity index (χ1n) is 9.06. The van der Waals surface area contributed by atoms with Gasteiger partial charge in [-0.2, -0.15) is 0 Å². The minimum Gasteiger partial charge on any atom is -0.381 e. The SMILES string of the molecule is CC(C)(O)C(=O)NC1CC=CC2=C1Cc1c2[nH]c(=O)c2c1CCCC2. The van der Waals surface area contributed by atoms with Crippen LogP contribution in [0.1, 0.15) is 55.5 Å². The number of amides is 1. The minimum absolute atomic E-state index is 0.0400. The molecule has 0 aliphatic heterocycles. The number of aromatic nitrogens is 1. The highest BCUT2D eigenvalue weighted by Gasteiger charge is 2.34. The van der Waals surface area contributed by atoms with Crippen LogP contribution in [0.2, 0.25) is 0 Å². The molecule has 1 unspecified atom stereocenters. The molecule has 1 aromatic rings. The van der Waals surface area contributed by atoms with Gasteiger partial charge in [0.1, 0.15) is 5.60 Å². The molecule has 1 atom stereocenters. The van der Waals surface area contributed by atoms with Crippen LogP contribution >= 0.6 is 0 Å². The molecule has 25 heavy (non-hydrogen) atoms. The number of aromatic amines is 1. The molecule has 1 amide bonds. The van der Waals surface area contributed by atoms with E-state index in [9.17, 15) is 14.7 Å². The topological polar surface area (TPSA) is 82.2 Å². The van der Waals surface area contributed by atoms with Gasteiger partial charge in [-0.1, -0.05) is 12.2 Å². The Morgan fingerprint density at radius 2 is 1.96 bits per heavy atom. The number of H-pyrrole nitrogens is 1. The summed E-state index contributed by atoms with van der Waals surface area (Å²) in [6, 6.07) is -0.130. The van der Waals surface area contributed by atoms with Gasteiger partial charge in [0.15, 0.2) is 0 Å². The van der Waals surface area contributed by atoms with E-state index in [1.807, 2.05) is 6.08 Å². The van der Waals surface area contributed by atoms with Crippen LogP contribution in [-0.2, 0) is 24.1 Å². The average molecular weight is 340 g/mol. The molecule has 4 rings (SSSR count). The molecular formula is C20H24N2O3. The van der Waals surface area contributed by atoms with Gasteiger partial charge in [0.25, 0.3) is 11.5 Å². The summed E-state index contributed by atoms with van der Waals surface area (Å²) in [5, 5.41) is 12.9. The molecule has 5 nitrogen and oxygen atoms in total. The van der Waals surface area contributed by atoms with Crippen molar-refractivity contribution in [3.05, 3.63) is 50.5 Å². The maximum Gasteiger partial charge on any atom is 0.251 e. The zero-order valence-corrected chi connectivity index (χ0v) is 14.7. The first-order chi connectivity index (χ1) is 11.9. The number of hydrogen-bond donors (Lipinski definition) is 3. The molecule has 3 aliphatic rings. The van der Waals surface area contributed by atoms with Crippen molar-refractivity contribution >= 4 is 11.5 Å². The Labute approximate surface area is 146 Å². The van der Waals surface area contributed by atoms with Crippen LogP contribution in [0.25, 0.3) is 5.57 Å². The van der Waals surface area contributed by atoms with E-state index in [2.05, 4.69) is 16.4 Å². The minimum atomic E-state index is -1.40. The summed E-state index contributed by atoms with van der Waals surface area (Å²) in [6.07, 6.45) is 9.59. The van der Waals surface area contributed by atoms with Gasteiger partial charge in [-0.15, -0.1) is 0 Å². The Hall–Kier alpha value is -2.14. The fourth-order valence-electron chi connectivity index (χ4n) is 4.22. The van der Waals surface area contributed by atoms with Crippen LogP contribution in [0.5, 0.6) is 0 Å². The number of allylic oxidation sites excluding steroid dienone is 2. The number of fused-ring (bicyclic) bond motifs is 4. The highest BCUT2D eigenvalue weighted by molar-refractivity contribution is 5.87. The van der Waals surface area contributed by atoms with Gasteiger partial charge in [0.2, 0.25) is 0 Å². The molecule has 0 spiro atoms. The van der Waals surface area contributed by atoms with E-state index in [0.29, 0.717) is 6.42 Å². The first-order valence-corrected chi connectivity index (χ1v) is 9.06. The Morgan fingerprint density at radius 1 is 1.24 bits per heavy atom. The molecule has 3 aliphatic carbocycles. The van der Waals surface area contributed by atoms with E-state index in [0.717, 1.165) is 54.5 Å². The number of carbonyl (C=O) groups is 1. The summed E-state index contributed by atoms with van der Waals surface area (Å²) < 4.78 is 0. The van der Waals surface area contributed by atoms with Crippen molar-refractivity contribution in [2.24, 2.45) is 0 Å². The molecule has 0 aromatic carbocycles. The first kappa shape index (κ1) is 16.3. The zero-order chi connectivity index (χ0) is 17.8. The van der Waals surface area contributed by atoms with Crippen molar-refractivity contribution in [1.29, 1.82) is 0 Å². The molecule has 5 heteroatoms. The zero-order valence-electron chi connectivity index (χ0n) is 14.7. The number of hydrogen-bond acceptors (Lipinski definition) is 3. The fraction of sp³-hybridized carbons (Fsp3) is 0.500. The molecular weight excluding hydrogens is 316 g/mol. The quantitative estimate of drug-likeness (QED) is 0.767. The summed E-state index contributed by atoms with van der Waals surface area (Å²) in [5.41, 5.74) is 5.15. The summed E-state index contributed by atoms with van der Waals surface area (Å²) in [6.45, 7) is 2.99. The molecule has 0 bridgehead atoms. The monoisotopic (exact) mass is 340 g/mol. The number of aliphatic hydroxyl groups is 1. The summed E-state index contributed by atoms with van der Waals surface area (Å²) in [7, 11) is 0. The summed E-state index contributed by atoms with van der Waals surface area (Å²) in [5.74, 6) is -0.369. The molecule has 0 saturated carbocycles. The van der Waals surface area contributed by atoms with Crippen LogP contribution < -0.4 is 10.9 Å². The van der Waals surface area contributed by atoms with Crippen molar-refractivity contribution in [1.82, 2.24) is 10.3 Å². The predicted molar refractivity (Wildman–Crippen MR) is 96.3 cm³/mol. The highest BCUT2D eigenvalue weighted by atomic mass is 16.3. The van der Waals surface area contributed by atoms with Crippen LogP contribution in [0, 0.1) is 0 Å². The molecule has 0 fully saturated rings. The normalized spacial score (nSPS) is 21.6. The van der Waals surface area contributed by atoms with Crippen molar-refractivity contribution in [3.8, 4) is 0 Å². The lowest BCUT2D eigenvalue weighted by atomic mass is 9.88. The van der Waals surface area contributed by atoms with Crippen molar-refractivity contribution in [2.45, 2.75) is 64.0 Å². The van der Waals surface area contributed by atoms with E-state index in [-0.39, 0.29) is 17.5 Å². The van der Waals surface area contributed by atoms with E-state index in [4.69, 9.17) is 0 Å². The molecule has 0 saturated heterocycles. The lowest BCUT2D eigenvalue weighted by Crippen LogP contribution is -2.47. The van der Waals surface area contributed by atoms with E-state index in [1.165, 1.54) is 25.0 Å². The van der Waals surface area contributed by atoms with Crippen LogP contribution in [0.4, 0.5) is 0 Å². The van der Waals surface area contributed by atoms with Crippen molar-refractivity contribution in [2.75, 3.05) is 0 Å². The summed E-state index contributed by atoms with van der Waals surface area (Å²) in [4.78, 5) is 27.8. The number of carbonyl (C=O) groups excluding carboxylic acids is 1. The highest BCUT2D eigenvalue weighted by Crippen LogP contribution is 2.40. The standard InChI is InChI=1S/C20H24N2O3/c1-20(2,25)19(24)21-16-9-5-8-12-14(16)10-15-11-6-3-4-7-13(11)18(23)22-17(12)15/h5,8,16,25H,3-4,6-7,9-10H2,1-2H3,(H,21,24)(H,22,23). The van der Waals surface area contributed by atoms with Crippen LogP contribution in [-0.4, -0.2) is 27.6 Å². The van der Waals surface area contributed by atoms with Crippen molar-refractivity contribution in [3.63, 3.8) is 0 Å². The maximum atomic E-state index is 12.5. The lowest BCUT2D eigenvalue weighted by Gasteiger charge is -2.26. The number of rotatable bonds is 2. The molecule has 3 N–H and O–H groups in total. The third kappa shape index (κ3) is 2.67. The van der Waals surface area contributed by atoms with Gasteiger partial charge in [-0.25, -0.2) is 0 Å². The Balaban J connectivity index is 1.72. The second-order valence-corrected chi connectivity index (χ2v) is 7.81. The number of nitrogens with one attached hydrogen (secondary N) is 2. The van der Waals surface area contributed by atoms with Gasteiger partial charge in [-0.05, 0) is 74.6 Å². The van der Waals surface area contributed by atoms with Gasteiger partial charge in [-0.3, -0.25) is 9.59 Å². The second kappa shape index (κ2) is 5.70. The Kier molecular flexibility index (Phi) is 3.72. The largest absolute Gasteiger partial charge is 0.381 e. The van der Waals surface area contributed by atoms with Gasteiger partial charge >= 0.3 is 0 Å². The molecule has 1 aromatic heterocycles. The van der Waals surface area contributed by atoms with Crippen LogP contribution in [0.3, 0.4) is 0 Å². The van der Waals surface area contributed by atoms with E-state index < -0.39 is 5.60 Å². The molecule has 0 radical (unpaired) electrons. The Morgan fingerprint density at radius 3 is 2.68 bits per heavy atom. The van der Waals surface area contributed by atoms with E-state index in [1.54, 1.807) is 0 Å². The molecule has 132 valence electrons. The Bertz CT molecular complexity index is 868. The smallest absolute Gasteiger partial charge is 0.251 e. The van der Waals surface area contributed by atoms with Crippen molar-refractivity contribution < 1.29 is 9.90 Å². The average Bonchev–Trinajstić information content (AvgIpc) is 2.94. The van der Waals surface area contributed by atoms with Crippen LogP contribution in [0.15, 0.2) is 22.5 Å². The maximum absolute atomic E-state index is 12.5. The fourth-order valence-corrected chi connectivity index (χ4v) is 4.22. The third-order valence-corrected chi connectivity index (χ3v) is 5.57. The molecule has 1 heterocycles. The van der Waals surface area contributed by atoms with Gasteiger partial charge in [0.05, 0.1) is 11.7 Å². The van der Waals surface area contributed by atoms with E-state index >= 15 is 0 Å². The lowest BCUT2D eigenvalue weighted by molar-refractivity contribution is -0.136. The number of pyridine rings is 1. The predicted octanol–water partition coefficient (Wildman–Crippen LogP) is 1.78. The second-order valence-electron chi connectivity index (χ2n) is 7.81. The third-order valence-electron chi connectivity index (χ3n) is 5.57. The van der Waals surface area contributed by atoms with Gasteiger partial charge < -0.3 is 15.4 Å².